The number of rotatable bonds is 4. The molecule has 0 bridgehead atoms. The van der Waals surface area contributed by atoms with Crippen molar-refractivity contribution in [2.75, 3.05) is 12.4 Å². The Hall–Kier alpha value is -3.21. The monoisotopic (exact) mass is 316 g/mol. The minimum Gasteiger partial charge on any atom is -0.504 e. The lowest BCUT2D eigenvalue weighted by atomic mass is 10.2. The van der Waals surface area contributed by atoms with Crippen LogP contribution in [0.4, 0.5) is 5.82 Å². The summed E-state index contributed by atoms with van der Waals surface area (Å²) in [4.78, 5) is 23.9. The minimum atomic E-state index is -0.651. The van der Waals surface area contributed by atoms with Crippen molar-refractivity contribution in [1.82, 2.24) is 9.13 Å². The van der Waals surface area contributed by atoms with Crippen molar-refractivity contribution in [3.05, 3.63) is 50.2 Å². The highest BCUT2D eigenvalue weighted by Gasteiger charge is 2.15. The standard InChI is InChI=1S/C15H16N4O4/c1-18-13(10(7-16)14(21)19(2)15(18)22)17-8-9-4-5-11(20)12(6-9)23-3/h4-6,17,20H,8H2,1-3H3. The number of anilines is 1. The number of nitrogens with one attached hydrogen (secondary N) is 1. The van der Waals surface area contributed by atoms with Crippen molar-refractivity contribution in [1.29, 1.82) is 5.26 Å². The van der Waals surface area contributed by atoms with Gasteiger partial charge in [0.2, 0.25) is 0 Å². The average Bonchev–Trinajstić information content (AvgIpc) is 2.56. The summed E-state index contributed by atoms with van der Waals surface area (Å²) in [5.74, 6) is 0.463. The Bertz CT molecular complexity index is 905. The molecule has 2 N–H and O–H groups in total. The molecule has 0 aliphatic rings. The van der Waals surface area contributed by atoms with E-state index in [9.17, 15) is 20.0 Å². The number of nitrogens with zero attached hydrogens (tertiary/aromatic N) is 3. The second kappa shape index (κ2) is 6.27. The summed E-state index contributed by atoms with van der Waals surface area (Å²) in [6, 6.07) is 6.58. The first-order chi connectivity index (χ1) is 10.9. The Morgan fingerprint density at radius 2 is 2.00 bits per heavy atom. The number of ether oxygens (including phenoxy) is 1. The minimum absolute atomic E-state index is 0.00921. The molecule has 0 saturated heterocycles. The molecule has 0 fully saturated rings. The lowest BCUT2D eigenvalue weighted by molar-refractivity contribution is 0.373. The number of aromatic hydroxyl groups is 1. The summed E-state index contributed by atoms with van der Waals surface area (Å²) >= 11 is 0. The van der Waals surface area contributed by atoms with Crippen LogP contribution in [0.1, 0.15) is 11.1 Å². The molecule has 1 heterocycles. The van der Waals surface area contributed by atoms with Crippen LogP contribution < -0.4 is 21.3 Å². The molecule has 1 aromatic carbocycles. The Morgan fingerprint density at radius 3 is 2.61 bits per heavy atom. The van der Waals surface area contributed by atoms with E-state index in [1.54, 1.807) is 12.1 Å². The molecular weight excluding hydrogens is 300 g/mol. The van der Waals surface area contributed by atoms with E-state index in [-0.39, 0.29) is 23.7 Å². The van der Waals surface area contributed by atoms with Crippen LogP contribution in [0.5, 0.6) is 11.5 Å². The highest BCUT2D eigenvalue weighted by atomic mass is 16.5. The number of phenols is 1. The Labute approximate surface area is 131 Å². The smallest absolute Gasteiger partial charge is 0.332 e. The van der Waals surface area contributed by atoms with E-state index < -0.39 is 11.2 Å². The van der Waals surface area contributed by atoms with Gasteiger partial charge in [-0.2, -0.15) is 5.26 Å². The quantitative estimate of drug-likeness (QED) is 0.838. The summed E-state index contributed by atoms with van der Waals surface area (Å²) in [5.41, 5.74) is -0.571. The van der Waals surface area contributed by atoms with Gasteiger partial charge < -0.3 is 15.2 Å². The summed E-state index contributed by atoms with van der Waals surface area (Å²) in [6.45, 7) is 0.242. The van der Waals surface area contributed by atoms with Crippen molar-refractivity contribution in [2.45, 2.75) is 6.54 Å². The largest absolute Gasteiger partial charge is 0.504 e. The molecule has 2 aromatic rings. The fourth-order valence-corrected chi connectivity index (χ4v) is 2.17. The first-order valence-corrected chi connectivity index (χ1v) is 6.70. The second-order valence-corrected chi connectivity index (χ2v) is 4.90. The Kier molecular flexibility index (Phi) is 4.41. The fourth-order valence-electron chi connectivity index (χ4n) is 2.17. The molecule has 0 radical (unpaired) electrons. The van der Waals surface area contributed by atoms with Crippen molar-refractivity contribution in [3.8, 4) is 17.6 Å². The zero-order valence-electron chi connectivity index (χ0n) is 13.0. The molecule has 0 spiro atoms. The van der Waals surface area contributed by atoms with Gasteiger partial charge in [0.05, 0.1) is 7.11 Å². The van der Waals surface area contributed by atoms with Gasteiger partial charge in [0.1, 0.15) is 11.9 Å². The zero-order chi connectivity index (χ0) is 17.1. The predicted molar refractivity (Wildman–Crippen MR) is 83.6 cm³/mol. The predicted octanol–water partition coefficient (Wildman–Crippen LogP) is 0.282. The van der Waals surface area contributed by atoms with Crippen molar-refractivity contribution >= 4 is 5.82 Å². The maximum absolute atomic E-state index is 12.0. The van der Waals surface area contributed by atoms with Crippen LogP contribution in [0.3, 0.4) is 0 Å². The van der Waals surface area contributed by atoms with Gasteiger partial charge in [0, 0.05) is 20.6 Å². The van der Waals surface area contributed by atoms with Crippen molar-refractivity contribution in [2.24, 2.45) is 14.1 Å². The maximum Gasteiger partial charge on any atom is 0.332 e. The van der Waals surface area contributed by atoms with Crippen LogP contribution in [-0.4, -0.2) is 21.4 Å². The van der Waals surface area contributed by atoms with Crippen LogP contribution in [-0.2, 0) is 20.6 Å². The van der Waals surface area contributed by atoms with Crippen LogP contribution in [0.15, 0.2) is 27.8 Å². The number of benzene rings is 1. The number of hydrogen-bond donors (Lipinski definition) is 2. The summed E-state index contributed by atoms with van der Waals surface area (Å²) in [7, 11) is 4.23. The SMILES string of the molecule is COc1cc(CNc2c(C#N)c(=O)n(C)c(=O)n2C)ccc1O. The first kappa shape index (κ1) is 16.2. The molecule has 1 aromatic heterocycles. The van der Waals surface area contributed by atoms with Crippen molar-refractivity contribution in [3.63, 3.8) is 0 Å². The van der Waals surface area contributed by atoms with Crippen LogP contribution in [0.25, 0.3) is 0 Å². The number of nitriles is 1. The lowest BCUT2D eigenvalue weighted by Gasteiger charge is -2.14. The van der Waals surface area contributed by atoms with E-state index >= 15 is 0 Å². The molecule has 0 saturated carbocycles. The third-order valence-electron chi connectivity index (χ3n) is 3.48. The highest BCUT2D eigenvalue weighted by molar-refractivity contribution is 5.52. The molecule has 0 aliphatic heterocycles. The van der Waals surface area contributed by atoms with Gasteiger partial charge in [0.15, 0.2) is 17.1 Å². The van der Waals surface area contributed by atoms with Gasteiger partial charge in [-0.15, -0.1) is 0 Å². The molecular formula is C15H16N4O4. The Balaban J connectivity index is 2.40. The van der Waals surface area contributed by atoms with E-state index in [1.807, 2.05) is 6.07 Å². The number of hydrogen-bond acceptors (Lipinski definition) is 6. The van der Waals surface area contributed by atoms with Gasteiger partial charge >= 0.3 is 5.69 Å². The van der Waals surface area contributed by atoms with E-state index in [4.69, 9.17) is 4.74 Å². The van der Waals surface area contributed by atoms with Crippen LogP contribution in [0.2, 0.25) is 0 Å². The molecule has 23 heavy (non-hydrogen) atoms. The molecule has 0 aliphatic carbocycles. The summed E-state index contributed by atoms with van der Waals surface area (Å²) < 4.78 is 7.11. The molecule has 2 rings (SSSR count). The van der Waals surface area contributed by atoms with Gasteiger partial charge in [-0.25, -0.2) is 4.79 Å². The van der Waals surface area contributed by atoms with Crippen LogP contribution in [0, 0.1) is 11.3 Å². The fraction of sp³-hybridized carbons (Fsp3) is 0.267. The van der Waals surface area contributed by atoms with E-state index in [2.05, 4.69) is 5.32 Å². The van der Waals surface area contributed by atoms with Crippen molar-refractivity contribution < 1.29 is 9.84 Å². The number of methoxy groups -OCH3 is 1. The van der Waals surface area contributed by atoms with E-state index in [0.717, 1.165) is 10.1 Å². The third-order valence-corrected chi connectivity index (χ3v) is 3.48. The van der Waals surface area contributed by atoms with Crippen LogP contribution >= 0.6 is 0 Å². The molecule has 0 unspecified atom stereocenters. The first-order valence-electron chi connectivity index (χ1n) is 6.70. The molecule has 0 atom stereocenters. The highest BCUT2D eigenvalue weighted by Crippen LogP contribution is 2.26. The molecule has 120 valence electrons. The molecule has 0 amide bonds. The van der Waals surface area contributed by atoms with Gasteiger partial charge in [-0.1, -0.05) is 6.07 Å². The summed E-state index contributed by atoms with van der Waals surface area (Å²) in [6.07, 6.45) is 0. The third kappa shape index (κ3) is 2.89. The number of aromatic nitrogens is 2. The lowest BCUT2D eigenvalue weighted by Crippen LogP contribution is -2.39. The maximum atomic E-state index is 12.0. The Morgan fingerprint density at radius 1 is 1.30 bits per heavy atom. The summed E-state index contributed by atoms with van der Waals surface area (Å²) in [5, 5.41) is 21.7. The molecule has 8 heteroatoms. The average molecular weight is 316 g/mol. The van der Waals surface area contributed by atoms with Gasteiger partial charge in [0.25, 0.3) is 5.56 Å². The normalized spacial score (nSPS) is 10.2. The zero-order valence-corrected chi connectivity index (χ0v) is 13.0. The van der Waals surface area contributed by atoms with E-state index in [1.165, 1.54) is 31.8 Å². The van der Waals surface area contributed by atoms with Gasteiger partial charge in [-0.3, -0.25) is 13.9 Å². The van der Waals surface area contributed by atoms with Gasteiger partial charge in [-0.05, 0) is 17.7 Å². The number of phenolic OH excluding ortho intramolecular Hbond substituents is 1. The topological polar surface area (TPSA) is 109 Å². The van der Waals surface area contributed by atoms with E-state index in [0.29, 0.717) is 5.75 Å². The second-order valence-electron chi connectivity index (χ2n) is 4.90. The molecule has 8 nitrogen and oxygen atoms in total.